The molecule has 0 saturated heterocycles. The minimum absolute atomic E-state index is 0.191. The van der Waals surface area contributed by atoms with Crippen molar-refractivity contribution >= 4 is 0 Å². The first-order chi connectivity index (χ1) is 8.18. The van der Waals surface area contributed by atoms with Gasteiger partial charge in [-0.2, -0.15) is 0 Å². The molecule has 0 aliphatic heterocycles. The number of benzene rings is 1. The van der Waals surface area contributed by atoms with Gasteiger partial charge in [0.15, 0.2) is 0 Å². The summed E-state index contributed by atoms with van der Waals surface area (Å²) in [5.74, 6) is 0. The van der Waals surface area contributed by atoms with E-state index < -0.39 is 5.60 Å². The van der Waals surface area contributed by atoms with E-state index in [-0.39, 0.29) is 5.60 Å². The van der Waals surface area contributed by atoms with Crippen LogP contribution >= 0.6 is 0 Å². The molecule has 0 radical (unpaired) electrons. The molecule has 0 amide bonds. The smallest absolute Gasteiger partial charge is 0.0869 e. The molecule has 2 heteroatoms. The average molecular weight is 250 g/mol. The molecule has 0 spiro atoms. The molecule has 1 aromatic rings. The molecular weight excluding hydrogens is 224 g/mol. The lowest BCUT2D eigenvalue weighted by Gasteiger charge is -2.30. The average Bonchev–Trinajstić information content (AvgIpc) is 2.30. The summed E-state index contributed by atoms with van der Waals surface area (Å²) >= 11 is 0. The Bertz CT molecular complexity index is 406. The van der Waals surface area contributed by atoms with Gasteiger partial charge < -0.3 is 9.84 Å². The van der Waals surface area contributed by atoms with Crippen LogP contribution in [0.25, 0.3) is 0 Å². The molecule has 0 bridgehead atoms. The highest BCUT2D eigenvalue weighted by Gasteiger charge is 2.27. The Balaban J connectivity index is 2.82. The molecule has 0 heterocycles. The van der Waals surface area contributed by atoms with Crippen molar-refractivity contribution in [2.75, 3.05) is 7.11 Å². The Morgan fingerprint density at radius 2 is 1.67 bits per heavy atom. The standard InChI is InChI=1S/C16H26O2/c1-12-7-8-14(11-13(12)2)16(5,17)10-9-15(3,4)18-6/h7-8,11,17H,9-10H2,1-6H3. The third-order valence-electron chi connectivity index (χ3n) is 3.90. The molecule has 1 atom stereocenters. The van der Waals surface area contributed by atoms with E-state index in [0.29, 0.717) is 6.42 Å². The molecule has 2 nitrogen and oxygen atoms in total. The first kappa shape index (κ1) is 15.2. The normalized spacial score (nSPS) is 15.5. The zero-order chi connectivity index (χ0) is 14.0. The fraction of sp³-hybridized carbons (Fsp3) is 0.625. The van der Waals surface area contributed by atoms with E-state index in [4.69, 9.17) is 4.74 Å². The van der Waals surface area contributed by atoms with Crippen molar-refractivity contribution in [2.24, 2.45) is 0 Å². The number of aryl methyl sites for hydroxylation is 2. The number of ether oxygens (including phenoxy) is 1. The van der Waals surface area contributed by atoms with Crippen LogP contribution in [0.4, 0.5) is 0 Å². The third-order valence-corrected chi connectivity index (χ3v) is 3.90. The van der Waals surface area contributed by atoms with Crippen molar-refractivity contribution in [3.8, 4) is 0 Å². The van der Waals surface area contributed by atoms with Crippen molar-refractivity contribution in [1.82, 2.24) is 0 Å². The molecular formula is C16H26O2. The van der Waals surface area contributed by atoms with Crippen LogP contribution in [0.5, 0.6) is 0 Å². The summed E-state index contributed by atoms with van der Waals surface area (Å²) in [6.45, 7) is 10.1. The maximum atomic E-state index is 10.6. The van der Waals surface area contributed by atoms with Crippen LogP contribution in [0, 0.1) is 13.8 Å². The number of aliphatic hydroxyl groups is 1. The summed E-state index contributed by atoms with van der Waals surface area (Å²) in [5.41, 5.74) is 2.47. The van der Waals surface area contributed by atoms with Crippen molar-refractivity contribution in [3.05, 3.63) is 34.9 Å². The van der Waals surface area contributed by atoms with E-state index in [0.717, 1.165) is 12.0 Å². The Labute approximate surface area is 111 Å². The fourth-order valence-corrected chi connectivity index (χ4v) is 1.87. The van der Waals surface area contributed by atoms with Gasteiger partial charge in [0.1, 0.15) is 0 Å². The molecule has 0 fully saturated rings. The molecule has 18 heavy (non-hydrogen) atoms. The van der Waals surface area contributed by atoms with Gasteiger partial charge in [0.05, 0.1) is 11.2 Å². The summed E-state index contributed by atoms with van der Waals surface area (Å²) in [6, 6.07) is 6.16. The van der Waals surface area contributed by atoms with Gasteiger partial charge in [-0.15, -0.1) is 0 Å². The van der Waals surface area contributed by atoms with Crippen molar-refractivity contribution < 1.29 is 9.84 Å². The SMILES string of the molecule is COC(C)(C)CCC(C)(O)c1ccc(C)c(C)c1. The Morgan fingerprint density at radius 1 is 1.06 bits per heavy atom. The molecule has 1 rings (SSSR count). The molecule has 0 saturated carbocycles. The summed E-state index contributed by atoms with van der Waals surface area (Å²) < 4.78 is 5.40. The quantitative estimate of drug-likeness (QED) is 0.863. The van der Waals surface area contributed by atoms with Gasteiger partial charge in [-0.05, 0) is 64.2 Å². The third kappa shape index (κ3) is 3.82. The largest absolute Gasteiger partial charge is 0.385 e. The van der Waals surface area contributed by atoms with Crippen LogP contribution in [0.2, 0.25) is 0 Å². The lowest BCUT2D eigenvalue weighted by atomic mass is 9.86. The van der Waals surface area contributed by atoms with E-state index in [2.05, 4.69) is 26.0 Å². The minimum Gasteiger partial charge on any atom is -0.385 e. The van der Waals surface area contributed by atoms with E-state index in [1.807, 2.05) is 26.8 Å². The van der Waals surface area contributed by atoms with Gasteiger partial charge in [0.25, 0.3) is 0 Å². The summed E-state index contributed by atoms with van der Waals surface area (Å²) in [6.07, 6.45) is 1.51. The number of rotatable bonds is 5. The van der Waals surface area contributed by atoms with Crippen molar-refractivity contribution in [2.45, 2.75) is 58.7 Å². The van der Waals surface area contributed by atoms with Gasteiger partial charge in [0.2, 0.25) is 0 Å². The first-order valence-corrected chi connectivity index (χ1v) is 6.53. The number of hydrogen-bond acceptors (Lipinski definition) is 2. The van der Waals surface area contributed by atoms with Gasteiger partial charge in [-0.1, -0.05) is 18.2 Å². The molecule has 0 aliphatic rings. The predicted octanol–water partition coefficient (Wildman–Crippen LogP) is 3.72. The van der Waals surface area contributed by atoms with Crippen molar-refractivity contribution in [3.63, 3.8) is 0 Å². The van der Waals surface area contributed by atoms with Crippen LogP contribution in [-0.4, -0.2) is 17.8 Å². The fourth-order valence-electron chi connectivity index (χ4n) is 1.87. The molecule has 0 aromatic heterocycles. The first-order valence-electron chi connectivity index (χ1n) is 6.53. The summed E-state index contributed by atoms with van der Waals surface area (Å²) in [5, 5.41) is 10.6. The van der Waals surface area contributed by atoms with Gasteiger partial charge in [-0.25, -0.2) is 0 Å². The van der Waals surface area contributed by atoms with Crippen LogP contribution in [0.15, 0.2) is 18.2 Å². The second-order valence-corrected chi connectivity index (χ2v) is 6.04. The second-order valence-electron chi connectivity index (χ2n) is 6.04. The Hall–Kier alpha value is -0.860. The van der Waals surface area contributed by atoms with Crippen LogP contribution < -0.4 is 0 Å². The number of methoxy groups -OCH3 is 1. The van der Waals surface area contributed by atoms with E-state index in [1.54, 1.807) is 7.11 Å². The molecule has 0 aliphatic carbocycles. The van der Waals surface area contributed by atoms with E-state index in [9.17, 15) is 5.11 Å². The topological polar surface area (TPSA) is 29.5 Å². The predicted molar refractivity (Wildman–Crippen MR) is 75.8 cm³/mol. The van der Waals surface area contributed by atoms with Crippen LogP contribution in [0.1, 0.15) is 50.3 Å². The summed E-state index contributed by atoms with van der Waals surface area (Å²) in [7, 11) is 1.71. The van der Waals surface area contributed by atoms with Gasteiger partial charge in [0, 0.05) is 7.11 Å². The molecule has 1 N–H and O–H groups in total. The van der Waals surface area contributed by atoms with Crippen LogP contribution in [0.3, 0.4) is 0 Å². The van der Waals surface area contributed by atoms with Crippen LogP contribution in [-0.2, 0) is 10.3 Å². The maximum absolute atomic E-state index is 10.6. The highest BCUT2D eigenvalue weighted by Crippen LogP contribution is 2.30. The number of hydrogen-bond donors (Lipinski definition) is 1. The Kier molecular flexibility index (Phi) is 4.57. The zero-order valence-electron chi connectivity index (χ0n) is 12.5. The van der Waals surface area contributed by atoms with Gasteiger partial charge in [-0.3, -0.25) is 0 Å². The van der Waals surface area contributed by atoms with E-state index in [1.165, 1.54) is 11.1 Å². The molecule has 102 valence electrons. The van der Waals surface area contributed by atoms with E-state index >= 15 is 0 Å². The lowest BCUT2D eigenvalue weighted by Crippen LogP contribution is -2.29. The Morgan fingerprint density at radius 3 is 2.17 bits per heavy atom. The highest BCUT2D eigenvalue weighted by atomic mass is 16.5. The highest BCUT2D eigenvalue weighted by molar-refractivity contribution is 5.32. The summed E-state index contributed by atoms with van der Waals surface area (Å²) in [4.78, 5) is 0. The molecule has 1 unspecified atom stereocenters. The van der Waals surface area contributed by atoms with Crippen molar-refractivity contribution in [1.29, 1.82) is 0 Å². The minimum atomic E-state index is -0.797. The second kappa shape index (κ2) is 5.41. The zero-order valence-corrected chi connectivity index (χ0v) is 12.5. The lowest BCUT2D eigenvalue weighted by molar-refractivity contribution is -0.0211. The molecule has 1 aromatic carbocycles. The maximum Gasteiger partial charge on any atom is 0.0869 e. The monoisotopic (exact) mass is 250 g/mol. The van der Waals surface area contributed by atoms with Gasteiger partial charge >= 0.3 is 0 Å².